The molecule has 22 heavy (non-hydrogen) atoms. The zero-order chi connectivity index (χ0) is 15.4. The second kappa shape index (κ2) is 6.86. The fourth-order valence-electron chi connectivity index (χ4n) is 3.05. The zero-order valence-electron chi connectivity index (χ0n) is 13.1. The molecule has 0 amide bonds. The minimum Gasteiger partial charge on any atom is -0.340 e. The van der Waals surface area contributed by atoms with Crippen molar-refractivity contribution in [2.24, 2.45) is 0 Å². The molecule has 1 aliphatic rings. The van der Waals surface area contributed by atoms with Crippen LogP contribution in [0.2, 0.25) is 0 Å². The first-order valence-corrected chi connectivity index (χ1v) is 9.05. The van der Waals surface area contributed by atoms with Gasteiger partial charge in [-0.15, -0.1) is 0 Å². The first kappa shape index (κ1) is 15.6. The molecule has 1 heterocycles. The van der Waals surface area contributed by atoms with E-state index in [2.05, 4.69) is 49.6 Å². The summed E-state index contributed by atoms with van der Waals surface area (Å²) in [5.41, 5.74) is 3.48. The van der Waals surface area contributed by atoms with Crippen LogP contribution in [0.1, 0.15) is 35.3 Å². The minimum atomic E-state index is -0.756. The Balaban J connectivity index is 2.05. The Morgan fingerprint density at radius 1 is 1.00 bits per heavy atom. The van der Waals surface area contributed by atoms with Crippen molar-refractivity contribution in [1.82, 2.24) is 0 Å². The molecule has 0 aliphatic carbocycles. The standard InChI is InChI=1S/C19H22O2S/c1-3-18(22-2)15-8-7-11-17(14-15)19(20-12-13-21-19)16-9-5-4-6-10-16/h4-11,14,18H,3,12-13H2,1-2H3. The van der Waals surface area contributed by atoms with Crippen LogP contribution in [-0.4, -0.2) is 19.5 Å². The molecule has 1 atom stereocenters. The lowest BCUT2D eigenvalue weighted by atomic mass is 9.94. The van der Waals surface area contributed by atoms with Gasteiger partial charge >= 0.3 is 0 Å². The Labute approximate surface area is 136 Å². The highest BCUT2D eigenvalue weighted by molar-refractivity contribution is 7.98. The lowest BCUT2D eigenvalue weighted by Crippen LogP contribution is -2.28. The molecule has 0 spiro atoms. The Morgan fingerprint density at radius 3 is 2.32 bits per heavy atom. The maximum Gasteiger partial charge on any atom is 0.222 e. The van der Waals surface area contributed by atoms with E-state index < -0.39 is 5.79 Å². The number of ether oxygens (including phenoxy) is 2. The molecule has 0 bridgehead atoms. The maximum absolute atomic E-state index is 6.09. The number of rotatable bonds is 5. The molecular formula is C19H22O2S. The molecule has 3 heteroatoms. The third kappa shape index (κ3) is 2.81. The zero-order valence-corrected chi connectivity index (χ0v) is 13.9. The molecular weight excluding hydrogens is 292 g/mol. The van der Waals surface area contributed by atoms with Crippen LogP contribution in [0.25, 0.3) is 0 Å². The van der Waals surface area contributed by atoms with E-state index in [4.69, 9.17) is 9.47 Å². The first-order valence-electron chi connectivity index (χ1n) is 7.77. The van der Waals surface area contributed by atoms with Gasteiger partial charge in [0.2, 0.25) is 5.79 Å². The molecule has 1 unspecified atom stereocenters. The smallest absolute Gasteiger partial charge is 0.222 e. The highest BCUT2D eigenvalue weighted by atomic mass is 32.2. The largest absolute Gasteiger partial charge is 0.340 e. The molecule has 0 radical (unpaired) electrons. The van der Waals surface area contributed by atoms with E-state index in [-0.39, 0.29) is 0 Å². The SMILES string of the molecule is CCC(SC)c1cccc(C2(c3ccccc3)OCCO2)c1. The highest BCUT2D eigenvalue weighted by Gasteiger charge is 2.40. The van der Waals surface area contributed by atoms with Crippen LogP contribution in [0.5, 0.6) is 0 Å². The Hall–Kier alpha value is -1.29. The highest BCUT2D eigenvalue weighted by Crippen LogP contribution is 2.40. The molecule has 1 saturated heterocycles. The van der Waals surface area contributed by atoms with Crippen molar-refractivity contribution in [3.8, 4) is 0 Å². The van der Waals surface area contributed by atoms with Crippen LogP contribution in [0, 0.1) is 0 Å². The van der Waals surface area contributed by atoms with Gasteiger partial charge < -0.3 is 9.47 Å². The molecule has 1 aliphatic heterocycles. The summed E-state index contributed by atoms with van der Waals surface area (Å²) in [5.74, 6) is -0.756. The van der Waals surface area contributed by atoms with Gasteiger partial charge in [-0.05, 0) is 24.3 Å². The predicted octanol–water partition coefficient (Wildman–Crippen LogP) is 4.75. The third-order valence-electron chi connectivity index (χ3n) is 4.14. The monoisotopic (exact) mass is 314 g/mol. The summed E-state index contributed by atoms with van der Waals surface area (Å²) < 4.78 is 12.2. The molecule has 0 saturated carbocycles. The van der Waals surface area contributed by atoms with Crippen molar-refractivity contribution in [1.29, 1.82) is 0 Å². The van der Waals surface area contributed by atoms with Gasteiger partial charge in [0.05, 0.1) is 13.2 Å². The van der Waals surface area contributed by atoms with Gasteiger partial charge in [-0.2, -0.15) is 11.8 Å². The van der Waals surface area contributed by atoms with Crippen molar-refractivity contribution < 1.29 is 9.47 Å². The van der Waals surface area contributed by atoms with Crippen LogP contribution < -0.4 is 0 Å². The number of hydrogen-bond acceptors (Lipinski definition) is 3. The van der Waals surface area contributed by atoms with E-state index in [0.717, 1.165) is 17.5 Å². The fraction of sp³-hybridized carbons (Fsp3) is 0.368. The molecule has 2 aromatic carbocycles. The molecule has 1 fully saturated rings. The third-order valence-corrected chi connectivity index (χ3v) is 5.32. The Bertz CT molecular complexity index is 602. The predicted molar refractivity (Wildman–Crippen MR) is 92.1 cm³/mol. The summed E-state index contributed by atoms with van der Waals surface area (Å²) in [6.07, 6.45) is 3.28. The maximum atomic E-state index is 6.09. The van der Waals surface area contributed by atoms with Crippen molar-refractivity contribution in [3.05, 3.63) is 71.3 Å². The van der Waals surface area contributed by atoms with E-state index >= 15 is 0 Å². The normalized spacial score (nSPS) is 18.3. The van der Waals surface area contributed by atoms with Crippen molar-refractivity contribution >= 4 is 11.8 Å². The Morgan fingerprint density at radius 2 is 1.68 bits per heavy atom. The summed E-state index contributed by atoms with van der Waals surface area (Å²) in [4.78, 5) is 0. The summed E-state index contributed by atoms with van der Waals surface area (Å²) in [5, 5.41) is 0.508. The summed E-state index contributed by atoms with van der Waals surface area (Å²) >= 11 is 1.89. The van der Waals surface area contributed by atoms with E-state index in [0.29, 0.717) is 18.5 Å². The average molecular weight is 314 g/mol. The van der Waals surface area contributed by atoms with Gasteiger partial charge in [0.15, 0.2) is 0 Å². The van der Waals surface area contributed by atoms with Gasteiger partial charge in [0.25, 0.3) is 0 Å². The molecule has 3 rings (SSSR count). The van der Waals surface area contributed by atoms with E-state index in [1.165, 1.54) is 5.56 Å². The van der Waals surface area contributed by atoms with Gasteiger partial charge in [-0.1, -0.05) is 55.5 Å². The minimum absolute atomic E-state index is 0.508. The van der Waals surface area contributed by atoms with Gasteiger partial charge in [-0.25, -0.2) is 0 Å². The van der Waals surface area contributed by atoms with Crippen LogP contribution >= 0.6 is 11.8 Å². The van der Waals surface area contributed by atoms with Crippen LogP contribution in [0.15, 0.2) is 54.6 Å². The lowest BCUT2D eigenvalue weighted by Gasteiger charge is -2.29. The van der Waals surface area contributed by atoms with Crippen molar-refractivity contribution in [3.63, 3.8) is 0 Å². The van der Waals surface area contributed by atoms with E-state index in [9.17, 15) is 0 Å². The molecule has 0 aromatic heterocycles. The Kier molecular flexibility index (Phi) is 4.87. The molecule has 0 N–H and O–H groups in total. The topological polar surface area (TPSA) is 18.5 Å². The van der Waals surface area contributed by atoms with Crippen LogP contribution in [0.3, 0.4) is 0 Å². The number of benzene rings is 2. The number of hydrogen-bond donors (Lipinski definition) is 0. The molecule has 116 valence electrons. The van der Waals surface area contributed by atoms with E-state index in [1.54, 1.807) is 0 Å². The van der Waals surface area contributed by atoms with Crippen LogP contribution in [0.4, 0.5) is 0 Å². The summed E-state index contributed by atoms with van der Waals surface area (Å²) in [7, 11) is 0. The van der Waals surface area contributed by atoms with Gasteiger partial charge in [-0.3, -0.25) is 0 Å². The molecule has 2 aromatic rings. The first-order chi connectivity index (χ1) is 10.8. The average Bonchev–Trinajstić information content (AvgIpc) is 3.08. The summed E-state index contributed by atoms with van der Waals surface area (Å²) in [6.45, 7) is 3.47. The van der Waals surface area contributed by atoms with Crippen LogP contribution in [-0.2, 0) is 15.3 Å². The quantitative estimate of drug-likeness (QED) is 0.793. The second-order valence-electron chi connectivity index (χ2n) is 5.44. The van der Waals surface area contributed by atoms with Gasteiger partial charge in [0.1, 0.15) is 0 Å². The van der Waals surface area contributed by atoms with Crippen molar-refractivity contribution in [2.45, 2.75) is 24.4 Å². The summed E-state index contributed by atoms with van der Waals surface area (Å²) in [6, 6.07) is 18.9. The van der Waals surface area contributed by atoms with Crippen molar-refractivity contribution in [2.75, 3.05) is 19.5 Å². The second-order valence-corrected chi connectivity index (χ2v) is 6.48. The number of thioether (sulfide) groups is 1. The lowest BCUT2D eigenvalue weighted by molar-refractivity contribution is -0.129. The van der Waals surface area contributed by atoms with Gasteiger partial charge in [0, 0.05) is 16.4 Å². The fourth-order valence-corrected chi connectivity index (χ4v) is 3.80. The molecule has 2 nitrogen and oxygen atoms in total. The van der Waals surface area contributed by atoms with E-state index in [1.807, 2.05) is 30.0 Å².